The van der Waals surface area contributed by atoms with E-state index < -0.39 is 0 Å². The highest BCUT2D eigenvalue weighted by atomic mass is 79.9. The first kappa shape index (κ1) is 22.6. The summed E-state index contributed by atoms with van der Waals surface area (Å²) in [7, 11) is 1.71. The largest absolute Gasteiger partial charge is 0.496 e. The molecule has 6 rings (SSSR count). The number of nitrogens with one attached hydrogen (secondary N) is 1. The van der Waals surface area contributed by atoms with Crippen molar-refractivity contribution in [3.63, 3.8) is 0 Å². The maximum Gasteiger partial charge on any atom is 0.233 e. The molecule has 5 heteroatoms. The highest BCUT2D eigenvalue weighted by Crippen LogP contribution is 2.54. The Hall–Kier alpha value is -2.89. The van der Waals surface area contributed by atoms with E-state index in [1.165, 1.54) is 27.6 Å². The molecule has 2 atom stereocenters. The van der Waals surface area contributed by atoms with Crippen LogP contribution in [0.3, 0.4) is 0 Å². The zero-order valence-corrected chi connectivity index (χ0v) is 22.5. The third-order valence-corrected chi connectivity index (χ3v) is 8.81. The van der Waals surface area contributed by atoms with E-state index in [2.05, 4.69) is 98.7 Å². The summed E-state index contributed by atoms with van der Waals surface area (Å²) in [6.45, 7) is 2.09. The summed E-state index contributed by atoms with van der Waals surface area (Å²) in [6, 6.07) is 23.0. The Labute approximate surface area is 221 Å². The third-order valence-electron chi connectivity index (χ3n) is 7.36. The van der Waals surface area contributed by atoms with E-state index in [9.17, 15) is 4.79 Å². The second-order valence-electron chi connectivity index (χ2n) is 9.20. The Kier molecular flexibility index (Phi) is 5.58. The minimum atomic E-state index is -0.293. The van der Waals surface area contributed by atoms with E-state index in [0.717, 1.165) is 43.3 Å². The highest BCUT2D eigenvalue weighted by molar-refractivity contribution is 9.11. The fraction of sp³-hybridized carbons (Fsp3) is 0.167. The summed E-state index contributed by atoms with van der Waals surface area (Å²) in [5.74, 6) is 0.597. The van der Waals surface area contributed by atoms with Crippen LogP contribution in [0, 0.1) is 6.92 Å². The van der Waals surface area contributed by atoms with Crippen LogP contribution in [0.4, 0.5) is 5.69 Å². The molecule has 1 N–H and O–H groups in total. The Bertz CT molecular complexity index is 1560. The van der Waals surface area contributed by atoms with Gasteiger partial charge in [-0.2, -0.15) is 0 Å². The molecule has 0 radical (unpaired) electrons. The Morgan fingerprint density at radius 1 is 0.914 bits per heavy atom. The second-order valence-corrected chi connectivity index (χ2v) is 10.9. The molecule has 1 aliphatic heterocycles. The molecule has 4 aromatic carbocycles. The molecular formula is C30H23Br2NO2. The monoisotopic (exact) mass is 587 g/mol. The molecule has 4 aromatic rings. The van der Waals surface area contributed by atoms with Crippen LogP contribution in [-0.2, 0) is 11.2 Å². The van der Waals surface area contributed by atoms with Crippen LogP contribution in [0.1, 0.15) is 39.7 Å². The predicted octanol–water partition coefficient (Wildman–Crippen LogP) is 8.14. The minimum Gasteiger partial charge on any atom is -0.496 e. The van der Waals surface area contributed by atoms with Gasteiger partial charge in [-0.25, -0.2) is 0 Å². The maximum atomic E-state index is 13.5. The van der Waals surface area contributed by atoms with Crippen LogP contribution >= 0.6 is 31.9 Å². The van der Waals surface area contributed by atoms with E-state index >= 15 is 0 Å². The molecule has 1 amide bonds. The van der Waals surface area contributed by atoms with Gasteiger partial charge in [-0.3, -0.25) is 4.79 Å². The average molecular weight is 589 g/mol. The molecule has 0 bridgehead atoms. The minimum absolute atomic E-state index is 0.0341. The lowest BCUT2D eigenvalue weighted by Crippen LogP contribution is -2.21. The summed E-state index contributed by atoms with van der Waals surface area (Å²) in [6.07, 6.45) is 3.05. The van der Waals surface area contributed by atoms with Crippen LogP contribution in [0.5, 0.6) is 5.75 Å². The molecule has 1 aliphatic carbocycles. The fourth-order valence-corrected chi connectivity index (χ4v) is 7.05. The van der Waals surface area contributed by atoms with E-state index in [4.69, 9.17) is 4.74 Å². The van der Waals surface area contributed by atoms with E-state index in [0.29, 0.717) is 0 Å². The first-order chi connectivity index (χ1) is 17.0. The zero-order chi connectivity index (χ0) is 24.3. The van der Waals surface area contributed by atoms with Crippen molar-refractivity contribution in [1.82, 2.24) is 0 Å². The van der Waals surface area contributed by atoms with Crippen molar-refractivity contribution >= 4 is 60.3 Å². The number of amides is 1. The fourth-order valence-electron chi connectivity index (χ4n) is 5.76. The first-order valence-corrected chi connectivity index (χ1v) is 13.2. The van der Waals surface area contributed by atoms with Crippen LogP contribution < -0.4 is 10.1 Å². The molecule has 174 valence electrons. The van der Waals surface area contributed by atoms with E-state index in [1.54, 1.807) is 7.11 Å². The predicted molar refractivity (Wildman–Crippen MR) is 149 cm³/mol. The van der Waals surface area contributed by atoms with Crippen molar-refractivity contribution in [3.05, 3.63) is 109 Å². The number of fused-ring (bicyclic) bond motifs is 3. The lowest BCUT2D eigenvalue weighted by molar-refractivity contribution is -0.117. The van der Waals surface area contributed by atoms with Crippen LogP contribution in [-0.4, -0.2) is 13.0 Å². The van der Waals surface area contributed by atoms with Gasteiger partial charge in [0, 0.05) is 20.2 Å². The molecule has 0 spiro atoms. The maximum absolute atomic E-state index is 13.5. The van der Waals surface area contributed by atoms with Gasteiger partial charge in [0.15, 0.2) is 0 Å². The molecule has 2 aliphatic rings. The SMILES string of the molecule is COc1ccc(CC2=Cc3ccccc3C2C2C(=O)Nc3c(Br)cc(Br)c(C)c32)c2ccccc12. The molecular weight excluding hydrogens is 566 g/mol. The third kappa shape index (κ3) is 3.56. The van der Waals surface area contributed by atoms with Crippen LogP contribution in [0.25, 0.3) is 16.8 Å². The number of hydrogen-bond donors (Lipinski definition) is 1. The van der Waals surface area contributed by atoms with Crippen LogP contribution in [0.15, 0.2) is 81.2 Å². The lowest BCUT2D eigenvalue weighted by Gasteiger charge is -2.25. The molecule has 3 nitrogen and oxygen atoms in total. The number of hydrogen-bond acceptors (Lipinski definition) is 2. The van der Waals surface area contributed by atoms with Gasteiger partial charge in [-0.05, 0) is 74.6 Å². The number of benzene rings is 4. The Morgan fingerprint density at radius 3 is 2.46 bits per heavy atom. The molecule has 2 unspecified atom stereocenters. The summed E-state index contributed by atoms with van der Waals surface area (Å²) < 4.78 is 7.52. The van der Waals surface area contributed by atoms with Gasteiger partial charge in [-0.15, -0.1) is 0 Å². The topological polar surface area (TPSA) is 38.3 Å². The molecule has 0 saturated carbocycles. The van der Waals surface area contributed by atoms with Crippen LogP contribution in [0.2, 0.25) is 0 Å². The normalized spacial score (nSPS) is 18.3. The van der Waals surface area contributed by atoms with Crippen molar-refractivity contribution < 1.29 is 9.53 Å². The summed E-state index contributed by atoms with van der Waals surface area (Å²) in [4.78, 5) is 13.5. The summed E-state index contributed by atoms with van der Waals surface area (Å²) >= 11 is 7.37. The zero-order valence-electron chi connectivity index (χ0n) is 19.4. The van der Waals surface area contributed by atoms with E-state index in [1.807, 2.05) is 18.2 Å². The average Bonchev–Trinajstić information content (AvgIpc) is 3.39. The van der Waals surface area contributed by atoms with Crippen molar-refractivity contribution in [2.45, 2.75) is 25.2 Å². The second kappa shape index (κ2) is 8.65. The number of carbonyl (C=O) groups is 1. The first-order valence-electron chi connectivity index (χ1n) is 11.6. The summed E-state index contributed by atoms with van der Waals surface area (Å²) in [5, 5.41) is 5.46. The Balaban J connectivity index is 1.50. The van der Waals surface area contributed by atoms with Gasteiger partial charge in [0.05, 0.1) is 18.7 Å². The number of halogens is 2. The molecule has 0 saturated heterocycles. The Morgan fingerprint density at radius 2 is 1.66 bits per heavy atom. The summed E-state index contributed by atoms with van der Waals surface area (Å²) in [5.41, 5.74) is 7.95. The van der Waals surface area contributed by atoms with Gasteiger partial charge in [0.25, 0.3) is 0 Å². The molecule has 0 fully saturated rings. The molecule has 0 aromatic heterocycles. The number of anilines is 1. The van der Waals surface area contributed by atoms with Gasteiger partial charge in [0.1, 0.15) is 5.75 Å². The molecule has 1 heterocycles. The van der Waals surface area contributed by atoms with Gasteiger partial charge >= 0.3 is 0 Å². The van der Waals surface area contributed by atoms with Gasteiger partial charge in [-0.1, -0.05) is 82.2 Å². The van der Waals surface area contributed by atoms with Crippen molar-refractivity contribution in [3.8, 4) is 5.75 Å². The highest BCUT2D eigenvalue weighted by Gasteiger charge is 2.43. The van der Waals surface area contributed by atoms with Crippen molar-refractivity contribution in [1.29, 1.82) is 0 Å². The quantitative estimate of drug-likeness (QED) is 0.261. The van der Waals surface area contributed by atoms with Crippen molar-refractivity contribution in [2.24, 2.45) is 0 Å². The lowest BCUT2D eigenvalue weighted by atomic mass is 9.77. The smallest absolute Gasteiger partial charge is 0.233 e. The molecule has 35 heavy (non-hydrogen) atoms. The van der Waals surface area contributed by atoms with Crippen molar-refractivity contribution in [2.75, 3.05) is 12.4 Å². The number of methoxy groups -OCH3 is 1. The number of rotatable bonds is 4. The van der Waals surface area contributed by atoms with E-state index in [-0.39, 0.29) is 17.7 Å². The standard InChI is InChI=1S/C30H23Br2NO2/c1-16-23(31)15-24(32)29-26(16)28(30(34)33-29)27-19(13-17-7-3-4-9-21(17)27)14-18-11-12-25(35-2)22-10-6-5-8-20(18)22/h3-13,15,27-28H,14H2,1-2H3,(H,33,34). The number of carbonyl (C=O) groups excluding carboxylic acids is 1. The number of allylic oxidation sites excluding steroid dienone is 1. The van der Waals surface area contributed by atoms with Gasteiger partial charge < -0.3 is 10.1 Å². The number of ether oxygens (including phenoxy) is 1. The van der Waals surface area contributed by atoms with Gasteiger partial charge in [0.2, 0.25) is 5.91 Å².